The van der Waals surface area contributed by atoms with Gasteiger partial charge >= 0.3 is 0 Å². The van der Waals surface area contributed by atoms with Crippen LogP contribution in [0.3, 0.4) is 0 Å². The van der Waals surface area contributed by atoms with Crippen molar-refractivity contribution in [1.29, 1.82) is 0 Å². The quantitative estimate of drug-likeness (QED) is 0.392. The zero-order valence-electron chi connectivity index (χ0n) is 14.1. The van der Waals surface area contributed by atoms with Gasteiger partial charge in [-0.3, -0.25) is 9.67 Å². The first-order valence-corrected chi connectivity index (χ1v) is 7.84. The molecule has 0 aliphatic rings. The second-order valence-electron chi connectivity index (χ2n) is 5.55. The van der Waals surface area contributed by atoms with E-state index < -0.39 is 0 Å². The molecule has 2 rings (SSSR count). The van der Waals surface area contributed by atoms with Crippen molar-refractivity contribution in [3.63, 3.8) is 0 Å². The Morgan fingerprint density at radius 1 is 1.29 bits per heavy atom. The molecule has 2 N–H and O–H groups in total. The van der Waals surface area contributed by atoms with Crippen LogP contribution < -0.4 is 10.6 Å². The van der Waals surface area contributed by atoms with E-state index in [9.17, 15) is 4.39 Å². The van der Waals surface area contributed by atoms with Gasteiger partial charge in [0, 0.05) is 39.1 Å². The van der Waals surface area contributed by atoms with Crippen LogP contribution in [0.2, 0.25) is 0 Å². The number of nitrogens with one attached hydrogen (secondary N) is 2. The van der Waals surface area contributed by atoms with Crippen molar-refractivity contribution >= 4 is 29.9 Å². The summed E-state index contributed by atoms with van der Waals surface area (Å²) < 4.78 is 15.5. The predicted molar refractivity (Wildman–Crippen MR) is 106 cm³/mol. The molecular weight excluding hydrogens is 420 g/mol. The summed E-state index contributed by atoms with van der Waals surface area (Å²) in [6.45, 7) is 4.43. The molecule has 1 aromatic carbocycles. The minimum Gasteiger partial charge on any atom is -0.356 e. The van der Waals surface area contributed by atoms with Gasteiger partial charge in [-0.1, -0.05) is 25.1 Å². The first kappa shape index (κ1) is 20.4. The Morgan fingerprint density at radius 3 is 2.75 bits per heavy atom. The molecule has 0 radical (unpaired) electrons. The average molecular weight is 445 g/mol. The lowest BCUT2D eigenvalue weighted by Crippen LogP contribution is -2.40. The third kappa shape index (κ3) is 6.86. The molecule has 0 saturated carbocycles. The molecule has 0 spiro atoms. The van der Waals surface area contributed by atoms with Crippen LogP contribution in [-0.2, 0) is 13.0 Å². The number of aliphatic imine (C=N–C) groups is 1. The molecule has 0 aliphatic heterocycles. The van der Waals surface area contributed by atoms with E-state index in [2.05, 4.69) is 27.6 Å². The van der Waals surface area contributed by atoms with Gasteiger partial charge in [0.1, 0.15) is 5.82 Å². The van der Waals surface area contributed by atoms with Crippen molar-refractivity contribution in [2.45, 2.75) is 19.9 Å². The number of guanidine groups is 1. The van der Waals surface area contributed by atoms with Gasteiger partial charge in [-0.05, 0) is 30.0 Å². The third-order valence-corrected chi connectivity index (χ3v) is 3.54. The summed E-state index contributed by atoms with van der Waals surface area (Å²) in [5, 5.41) is 10.7. The summed E-state index contributed by atoms with van der Waals surface area (Å²) in [6, 6.07) is 8.76. The first-order chi connectivity index (χ1) is 11.2. The molecular formula is C17H25FIN5. The van der Waals surface area contributed by atoms with Crippen LogP contribution in [0.1, 0.15) is 12.5 Å². The molecule has 1 aromatic heterocycles. The lowest BCUT2D eigenvalue weighted by molar-refractivity contribution is 0.443. The topological polar surface area (TPSA) is 54.2 Å². The van der Waals surface area contributed by atoms with Crippen LogP contribution in [0.25, 0.3) is 0 Å². The van der Waals surface area contributed by atoms with E-state index in [1.807, 2.05) is 23.0 Å². The summed E-state index contributed by atoms with van der Waals surface area (Å²) in [5.74, 6) is 0.985. The van der Waals surface area contributed by atoms with E-state index in [0.717, 1.165) is 19.0 Å². The molecule has 1 atom stereocenters. The van der Waals surface area contributed by atoms with Gasteiger partial charge in [0.25, 0.3) is 0 Å². The SMILES string of the molecule is CN=C(NCCc1ccccc1F)NCC(C)Cn1cccn1.I. The lowest BCUT2D eigenvalue weighted by Gasteiger charge is -2.16. The molecule has 0 amide bonds. The number of benzene rings is 1. The standard InChI is InChI=1S/C17H24FN5.HI/c1-14(13-23-11-5-9-22-23)12-21-17(19-2)20-10-8-15-6-3-4-7-16(15)18;/h3-7,9,11,14H,8,10,12-13H2,1-2H3,(H2,19,20,21);1H. The smallest absolute Gasteiger partial charge is 0.190 e. The molecule has 0 fully saturated rings. The van der Waals surface area contributed by atoms with E-state index in [1.54, 1.807) is 25.4 Å². The molecule has 132 valence electrons. The molecule has 1 unspecified atom stereocenters. The van der Waals surface area contributed by atoms with Crippen molar-refractivity contribution in [1.82, 2.24) is 20.4 Å². The molecule has 5 nitrogen and oxygen atoms in total. The number of hydrogen-bond donors (Lipinski definition) is 2. The maximum atomic E-state index is 13.5. The van der Waals surface area contributed by atoms with E-state index in [4.69, 9.17) is 0 Å². The Labute approximate surface area is 159 Å². The summed E-state index contributed by atoms with van der Waals surface area (Å²) in [7, 11) is 1.73. The monoisotopic (exact) mass is 445 g/mol. The fourth-order valence-electron chi connectivity index (χ4n) is 2.30. The van der Waals surface area contributed by atoms with Gasteiger partial charge < -0.3 is 10.6 Å². The van der Waals surface area contributed by atoms with Gasteiger partial charge in [-0.2, -0.15) is 5.10 Å². The molecule has 7 heteroatoms. The van der Waals surface area contributed by atoms with Crippen molar-refractivity contribution in [3.8, 4) is 0 Å². The highest BCUT2D eigenvalue weighted by Gasteiger charge is 2.06. The average Bonchev–Trinajstić information content (AvgIpc) is 3.05. The van der Waals surface area contributed by atoms with E-state index in [-0.39, 0.29) is 29.8 Å². The molecule has 0 bridgehead atoms. The molecule has 1 heterocycles. The summed E-state index contributed by atoms with van der Waals surface area (Å²) in [6.07, 6.45) is 4.36. The van der Waals surface area contributed by atoms with Crippen molar-refractivity contribution < 1.29 is 4.39 Å². The summed E-state index contributed by atoms with van der Waals surface area (Å²) in [5.41, 5.74) is 0.711. The highest BCUT2D eigenvalue weighted by atomic mass is 127. The van der Waals surface area contributed by atoms with Crippen LogP contribution >= 0.6 is 24.0 Å². The Bertz CT molecular complexity index is 615. The first-order valence-electron chi connectivity index (χ1n) is 7.84. The fraction of sp³-hybridized carbons (Fsp3) is 0.412. The zero-order valence-corrected chi connectivity index (χ0v) is 16.4. The van der Waals surface area contributed by atoms with Gasteiger partial charge in [-0.25, -0.2) is 4.39 Å². The van der Waals surface area contributed by atoms with Crippen LogP contribution in [-0.4, -0.2) is 35.9 Å². The fourth-order valence-corrected chi connectivity index (χ4v) is 2.30. The normalized spacial score (nSPS) is 12.4. The Kier molecular flexibility index (Phi) is 9.36. The summed E-state index contributed by atoms with van der Waals surface area (Å²) >= 11 is 0. The minimum atomic E-state index is -0.162. The molecule has 0 aliphatic carbocycles. The molecule has 2 aromatic rings. The largest absolute Gasteiger partial charge is 0.356 e. The van der Waals surface area contributed by atoms with Crippen LogP contribution in [0.5, 0.6) is 0 Å². The Balaban J connectivity index is 0.00000288. The maximum absolute atomic E-state index is 13.5. The van der Waals surface area contributed by atoms with E-state index >= 15 is 0 Å². The maximum Gasteiger partial charge on any atom is 0.190 e. The highest BCUT2D eigenvalue weighted by molar-refractivity contribution is 14.0. The van der Waals surface area contributed by atoms with Gasteiger partial charge in [-0.15, -0.1) is 24.0 Å². The van der Waals surface area contributed by atoms with Gasteiger partial charge in [0.05, 0.1) is 0 Å². The predicted octanol–water partition coefficient (Wildman–Crippen LogP) is 2.68. The number of aromatic nitrogens is 2. The van der Waals surface area contributed by atoms with E-state index in [1.165, 1.54) is 6.07 Å². The van der Waals surface area contributed by atoms with Crippen LogP contribution in [0, 0.1) is 11.7 Å². The van der Waals surface area contributed by atoms with Gasteiger partial charge in [0.2, 0.25) is 0 Å². The van der Waals surface area contributed by atoms with E-state index in [0.29, 0.717) is 24.4 Å². The zero-order chi connectivity index (χ0) is 16.5. The number of nitrogens with zero attached hydrogens (tertiary/aromatic N) is 3. The number of halogens is 2. The third-order valence-electron chi connectivity index (χ3n) is 3.54. The van der Waals surface area contributed by atoms with Crippen LogP contribution in [0.15, 0.2) is 47.7 Å². The molecule has 0 saturated heterocycles. The number of hydrogen-bond acceptors (Lipinski definition) is 2. The summed E-state index contributed by atoms with van der Waals surface area (Å²) in [4.78, 5) is 4.19. The lowest BCUT2D eigenvalue weighted by atomic mass is 10.1. The highest BCUT2D eigenvalue weighted by Crippen LogP contribution is 2.06. The van der Waals surface area contributed by atoms with Gasteiger partial charge in [0.15, 0.2) is 5.96 Å². The van der Waals surface area contributed by atoms with Crippen molar-refractivity contribution in [3.05, 3.63) is 54.1 Å². The second kappa shape index (κ2) is 11.0. The van der Waals surface area contributed by atoms with Crippen molar-refractivity contribution in [2.24, 2.45) is 10.9 Å². The van der Waals surface area contributed by atoms with Crippen LogP contribution in [0.4, 0.5) is 4.39 Å². The minimum absolute atomic E-state index is 0. The Morgan fingerprint density at radius 2 is 2.08 bits per heavy atom. The Hall–Kier alpha value is -1.64. The number of rotatable bonds is 7. The van der Waals surface area contributed by atoms with Crippen molar-refractivity contribution in [2.75, 3.05) is 20.1 Å². The molecule has 24 heavy (non-hydrogen) atoms. The second-order valence-corrected chi connectivity index (χ2v) is 5.55.